The number of piperidine rings is 1. The van der Waals surface area contributed by atoms with Crippen LogP contribution in [0.5, 0.6) is 0 Å². The summed E-state index contributed by atoms with van der Waals surface area (Å²) in [5, 5.41) is 3.76. The summed E-state index contributed by atoms with van der Waals surface area (Å²) < 4.78 is 4.16. The number of rotatable bonds is 4. The van der Waals surface area contributed by atoms with E-state index in [1.807, 2.05) is 11.8 Å². The minimum absolute atomic E-state index is 0.0147. The highest BCUT2D eigenvalue weighted by Crippen LogP contribution is 2.24. The molecule has 0 bridgehead atoms. The van der Waals surface area contributed by atoms with Crippen LogP contribution in [-0.4, -0.2) is 40.6 Å². The van der Waals surface area contributed by atoms with E-state index >= 15 is 0 Å². The van der Waals surface area contributed by atoms with Crippen LogP contribution in [-0.2, 0) is 4.79 Å². The summed E-state index contributed by atoms with van der Waals surface area (Å²) in [4.78, 5) is 25.4. The second kappa shape index (κ2) is 6.14. The maximum Gasteiger partial charge on any atom is 0.241 e. The van der Waals surface area contributed by atoms with Crippen molar-refractivity contribution in [3.8, 4) is 0 Å². The lowest BCUT2D eigenvalue weighted by Crippen LogP contribution is -2.39. The van der Waals surface area contributed by atoms with Crippen molar-refractivity contribution >= 4 is 28.2 Å². The number of hydrogen-bond acceptors (Lipinski definition) is 5. The second-order valence-electron chi connectivity index (χ2n) is 4.82. The Morgan fingerprint density at radius 1 is 1.32 bits per heavy atom. The third-order valence-corrected chi connectivity index (χ3v) is 4.22. The van der Waals surface area contributed by atoms with Crippen LogP contribution < -0.4 is 5.32 Å². The van der Waals surface area contributed by atoms with Gasteiger partial charge in [0.1, 0.15) is 5.00 Å². The molecule has 0 unspecified atom stereocenters. The molecular formula is C13H19N3O2S. The molecule has 1 amide bonds. The number of anilines is 1. The zero-order valence-corrected chi connectivity index (χ0v) is 12.2. The lowest BCUT2D eigenvalue weighted by molar-refractivity contribution is -0.130. The fourth-order valence-corrected chi connectivity index (χ4v) is 3.15. The highest BCUT2D eigenvalue weighted by Gasteiger charge is 2.19. The van der Waals surface area contributed by atoms with Gasteiger partial charge in [0.2, 0.25) is 5.91 Å². The van der Waals surface area contributed by atoms with Crippen LogP contribution in [0.25, 0.3) is 0 Å². The number of aromatic nitrogens is 1. The Balaban J connectivity index is 1.95. The van der Waals surface area contributed by atoms with Crippen molar-refractivity contribution in [2.75, 3.05) is 25.0 Å². The number of ketones is 1. The molecule has 0 spiro atoms. The number of carbonyl (C=O) groups excluding carboxylic acids is 2. The lowest BCUT2D eigenvalue weighted by Gasteiger charge is -2.26. The molecule has 1 aromatic rings. The topological polar surface area (TPSA) is 62.3 Å². The molecular weight excluding hydrogens is 262 g/mol. The molecule has 0 aromatic carbocycles. The molecule has 1 aromatic heterocycles. The number of carbonyl (C=O) groups is 2. The van der Waals surface area contributed by atoms with Gasteiger partial charge in [-0.1, -0.05) is 0 Å². The van der Waals surface area contributed by atoms with Gasteiger partial charge in [0, 0.05) is 13.1 Å². The van der Waals surface area contributed by atoms with Crippen LogP contribution in [0.3, 0.4) is 0 Å². The van der Waals surface area contributed by atoms with Crippen LogP contribution in [0.2, 0.25) is 0 Å². The number of aryl methyl sites for hydroxylation is 1. The predicted molar refractivity (Wildman–Crippen MR) is 75.8 cm³/mol. The molecule has 1 fully saturated rings. The van der Waals surface area contributed by atoms with Gasteiger partial charge in [0.15, 0.2) is 5.78 Å². The first-order chi connectivity index (χ1) is 9.09. The molecule has 1 aliphatic rings. The zero-order chi connectivity index (χ0) is 13.8. The van der Waals surface area contributed by atoms with Gasteiger partial charge in [-0.15, -0.1) is 0 Å². The van der Waals surface area contributed by atoms with Crippen molar-refractivity contribution in [1.82, 2.24) is 9.27 Å². The maximum atomic E-state index is 12.0. The van der Waals surface area contributed by atoms with Gasteiger partial charge in [0.25, 0.3) is 0 Å². The normalized spacial score (nSPS) is 15.4. The number of hydrogen-bond donors (Lipinski definition) is 1. The molecule has 6 heteroatoms. The third kappa shape index (κ3) is 3.32. The highest BCUT2D eigenvalue weighted by atomic mass is 32.1. The van der Waals surface area contributed by atoms with Crippen molar-refractivity contribution < 1.29 is 9.59 Å². The van der Waals surface area contributed by atoms with Gasteiger partial charge in [0.05, 0.1) is 17.8 Å². The third-order valence-electron chi connectivity index (χ3n) is 3.32. The molecule has 1 aliphatic heterocycles. The first-order valence-electron chi connectivity index (χ1n) is 6.58. The second-order valence-corrected chi connectivity index (χ2v) is 5.60. The van der Waals surface area contributed by atoms with E-state index < -0.39 is 0 Å². The van der Waals surface area contributed by atoms with Crippen molar-refractivity contribution in [1.29, 1.82) is 0 Å². The molecule has 104 valence electrons. The molecule has 0 atom stereocenters. The molecule has 0 saturated carbocycles. The van der Waals surface area contributed by atoms with E-state index in [2.05, 4.69) is 9.69 Å². The molecule has 0 aliphatic carbocycles. The van der Waals surface area contributed by atoms with Gasteiger partial charge < -0.3 is 10.2 Å². The first kappa shape index (κ1) is 14.0. The molecule has 0 radical (unpaired) electrons. The van der Waals surface area contributed by atoms with Crippen molar-refractivity contribution in [3.05, 3.63) is 11.3 Å². The van der Waals surface area contributed by atoms with Crippen molar-refractivity contribution in [3.63, 3.8) is 0 Å². The summed E-state index contributed by atoms with van der Waals surface area (Å²) >= 11 is 1.24. The fraction of sp³-hybridized carbons (Fsp3) is 0.615. The van der Waals surface area contributed by atoms with Gasteiger partial charge in [-0.25, -0.2) is 0 Å². The fourth-order valence-electron chi connectivity index (χ4n) is 2.32. The molecule has 19 heavy (non-hydrogen) atoms. The van der Waals surface area contributed by atoms with E-state index in [0.717, 1.165) is 31.6 Å². The van der Waals surface area contributed by atoms with E-state index in [1.54, 1.807) is 0 Å². The largest absolute Gasteiger partial charge is 0.366 e. The maximum absolute atomic E-state index is 12.0. The van der Waals surface area contributed by atoms with Gasteiger partial charge in [-0.3, -0.25) is 9.59 Å². The van der Waals surface area contributed by atoms with E-state index in [-0.39, 0.29) is 18.2 Å². The predicted octanol–water partition coefficient (Wildman–Crippen LogP) is 2.08. The van der Waals surface area contributed by atoms with Crippen LogP contribution in [0, 0.1) is 6.92 Å². The van der Waals surface area contributed by atoms with Gasteiger partial charge in [-0.2, -0.15) is 4.37 Å². The number of amides is 1. The Morgan fingerprint density at radius 3 is 2.63 bits per heavy atom. The summed E-state index contributed by atoms with van der Waals surface area (Å²) in [7, 11) is 0. The summed E-state index contributed by atoms with van der Waals surface area (Å²) in [5.41, 5.74) is 1.34. The van der Waals surface area contributed by atoms with Crippen LogP contribution in [0.1, 0.15) is 42.2 Å². The molecule has 2 rings (SSSR count). The quantitative estimate of drug-likeness (QED) is 0.858. The van der Waals surface area contributed by atoms with E-state index in [0.29, 0.717) is 10.6 Å². The van der Waals surface area contributed by atoms with E-state index in [1.165, 1.54) is 24.9 Å². The minimum Gasteiger partial charge on any atom is -0.366 e. The van der Waals surface area contributed by atoms with Gasteiger partial charge in [-0.05, 0) is 44.6 Å². The Labute approximate surface area is 117 Å². The number of nitrogens with zero attached hydrogens (tertiary/aromatic N) is 2. The zero-order valence-electron chi connectivity index (χ0n) is 11.4. The molecule has 1 saturated heterocycles. The van der Waals surface area contributed by atoms with E-state index in [9.17, 15) is 9.59 Å². The Kier molecular flexibility index (Phi) is 4.52. The van der Waals surface area contributed by atoms with Crippen LogP contribution in [0.4, 0.5) is 5.00 Å². The van der Waals surface area contributed by atoms with E-state index in [4.69, 9.17) is 0 Å². The average molecular weight is 281 g/mol. The Morgan fingerprint density at radius 2 is 2.00 bits per heavy atom. The number of likely N-dealkylation sites (tertiary alicyclic amines) is 1. The molecule has 1 N–H and O–H groups in total. The average Bonchev–Trinajstić information content (AvgIpc) is 2.78. The Bertz CT molecular complexity index is 478. The monoisotopic (exact) mass is 281 g/mol. The highest BCUT2D eigenvalue weighted by molar-refractivity contribution is 7.10. The molecule has 5 nitrogen and oxygen atoms in total. The smallest absolute Gasteiger partial charge is 0.241 e. The first-order valence-corrected chi connectivity index (χ1v) is 7.36. The summed E-state index contributed by atoms with van der Waals surface area (Å²) in [6.45, 7) is 5.27. The van der Waals surface area contributed by atoms with Crippen LogP contribution >= 0.6 is 11.5 Å². The summed E-state index contributed by atoms with van der Waals surface area (Å²) in [6, 6.07) is 0. The van der Waals surface area contributed by atoms with Gasteiger partial charge >= 0.3 is 0 Å². The van der Waals surface area contributed by atoms with Crippen molar-refractivity contribution in [2.24, 2.45) is 0 Å². The number of nitrogens with one attached hydrogen (secondary N) is 1. The lowest BCUT2D eigenvalue weighted by atomic mass is 10.1. The summed E-state index contributed by atoms with van der Waals surface area (Å²) in [5.74, 6) is 0.0828. The summed E-state index contributed by atoms with van der Waals surface area (Å²) in [6.07, 6.45) is 3.38. The van der Waals surface area contributed by atoms with Crippen molar-refractivity contribution in [2.45, 2.75) is 33.1 Å². The standard InChI is InChI=1S/C13H19N3O2S/c1-9-12(10(2)17)13(19-15-9)14-8-11(18)16-6-4-3-5-7-16/h14H,3-8H2,1-2H3. The minimum atomic E-state index is -0.0147. The SMILES string of the molecule is CC(=O)c1c(C)nsc1NCC(=O)N1CCCCC1. The number of Topliss-reactive ketones (excluding diaryl/α,β-unsaturated/α-hetero) is 1. The molecule has 2 heterocycles. The van der Waals surface area contributed by atoms with Crippen LogP contribution in [0.15, 0.2) is 0 Å². The Hall–Kier alpha value is -1.43.